The van der Waals surface area contributed by atoms with Crippen LogP contribution in [0.2, 0.25) is 0 Å². The first-order chi connectivity index (χ1) is 11.2. The second-order valence-electron chi connectivity index (χ2n) is 6.62. The summed E-state index contributed by atoms with van der Waals surface area (Å²) in [7, 11) is 0. The molecule has 0 spiro atoms. The van der Waals surface area contributed by atoms with E-state index in [1.165, 1.54) is 5.56 Å². The first kappa shape index (κ1) is 16.0. The average molecular weight is 314 g/mol. The minimum Gasteiger partial charge on any atom is -0.341 e. The van der Waals surface area contributed by atoms with E-state index in [1.54, 1.807) is 4.90 Å². The van der Waals surface area contributed by atoms with Crippen molar-refractivity contribution in [1.82, 2.24) is 9.80 Å². The highest BCUT2D eigenvalue weighted by Crippen LogP contribution is 2.29. The molecule has 0 N–H and O–H groups in total. The van der Waals surface area contributed by atoms with Gasteiger partial charge in [0.25, 0.3) is 0 Å². The lowest BCUT2D eigenvalue weighted by Gasteiger charge is -2.36. The molecular weight excluding hydrogens is 288 g/mol. The summed E-state index contributed by atoms with van der Waals surface area (Å²) >= 11 is 0. The van der Waals surface area contributed by atoms with Crippen molar-refractivity contribution in [2.24, 2.45) is 0 Å². The molecule has 1 atom stereocenters. The molecule has 2 aliphatic heterocycles. The summed E-state index contributed by atoms with van der Waals surface area (Å²) in [6.45, 7) is 4.35. The summed E-state index contributed by atoms with van der Waals surface area (Å²) in [5.74, 6) is 0.840. The van der Waals surface area contributed by atoms with E-state index in [0.717, 1.165) is 38.9 Å². The third-order valence-electron chi connectivity index (χ3n) is 5.24. The highest BCUT2D eigenvalue weighted by molar-refractivity contribution is 5.88. The molecule has 2 amide bonds. The van der Waals surface area contributed by atoms with Gasteiger partial charge in [0.15, 0.2) is 0 Å². The van der Waals surface area contributed by atoms with Crippen molar-refractivity contribution in [2.75, 3.05) is 19.6 Å². The van der Waals surface area contributed by atoms with E-state index in [0.29, 0.717) is 18.8 Å². The Morgan fingerprint density at radius 3 is 2.43 bits per heavy atom. The highest BCUT2D eigenvalue weighted by Gasteiger charge is 2.35. The molecule has 4 heteroatoms. The highest BCUT2D eigenvalue weighted by atomic mass is 16.2. The maximum absolute atomic E-state index is 12.8. The van der Waals surface area contributed by atoms with Crippen LogP contribution in [0, 0.1) is 0 Å². The Labute approximate surface area is 138 Å². The van der Waals surface area contributed by atoms with Crippen LogP contribution in [-0.2, 0) is 9.59 Å². The maximum Gasteiger partial charge on any atom is 0.245 e. The van der Waals surface area contributed by atoms with Crippen LogP contribution in [0.25, 0.3) is 0 Å². The van der Waals surface area contributed by atoms with Crippen molar-refractivity contribution >= 4 is 11.8 Å². The zero-order chi connectivity index (χ0) is 16.2. The van der Waals surface area contributed by atoms with E-state index in [9.17, 15) is 9.59 Å². The molecule has 124 valence electrons. The lowest BCUT2D eigenvalue weighted by Crippen LogP contribution is -2.50. The molecule has 0 aromatic heterocycles. The molecule has 0 radical (unpaired) electrons. The van der Waals surface area contributed by atoms with Crippen LogP contribution >= 0.6 is 0 Å². The third-order valence-corrected chi connectivity index (χ3v) is 5.24. The Kier molecular flexibility index (Phi) is 4.99. The van der Waals surface area contributed by atoms with Crippen molar-refractivity contribution in [3.05, 3.63) is 35.9 Å². The summed E-state index contributed by atoms with van der Waals surface area (Å²) < 4.78 is 0. The van der Waals surface area contributed by atoms with Gasteiger partial charge >= 0.3 is 0 Å². The Hall–Kier alpha value is -1.84. The Morgan fingerprint density at radius 1 is 1.17 bits per heavy atom. The lowest BCUT2D eigenvalue weighted by atomic mass is 9.89. The minimum atomic E-state index is -0.252. The van der Waals surface area contributed by atoms with E-state index in [4.69, 9.17) is 0 Å². The van der Waals surface area contributed by atoms with Crippen molar-refractivity contribution < 1.29 is 9.59 Å². The standard InChI is InChI=1S/C19H26N2O2/c1-2-17(21-12-6-9-18(21)22)19(23)20-13-10-16(11-14-20)15-7-4-3-5-8-15/h3-5,7-8,16-17H,2,6,9-14H2,1H3/t17-/m1/s1. The van der Waals surface area contributed by atoms with Crippen LogP contribution in [0.3, 0.4) is 0 Å². The molecule has 0 bridgehead atoms. The van der Waals surface area contributed by atoms with Gasteiger partial charge in [0.2, 0.25) is 11.8 Å². The Morgan fingerprint density at radius 2 is 1.87 bits per heavy atom. The quantitative estimate of drug-likeness (QED) is 0.857. The van der Waals surface area contributed by atoms with Gasteiger partial charge in [-0.2, -0.15) is 0 Å². The summed E-state index contributed by atoms with van der Waals surface area (Å²) in [5.41, 5.74) is 1.38. The van der Waals surface area contributed by atoms with E-state index < -0.39 is 0 Å². The van der Waals surface area contributed by atoms with Crippen LogP contribution in [0.1, 0.15) is 50.5 Å². The van der Waals surface area contributed by atoms with Gasteiger partial charge in [-0.1, -0.05) is 37.3 Å². The summed E-state index contributed by atoms with van der Waals surface area (Å²) in [4.78, 5) is 28.6. The number of amides is 2. The smallest absolute Gasteiger partial charge is 0.245 e. The number of carbonyl (C=O) groups excluding carboxylic acids is 2. The normalized spacial score (nSPS) is 20.8. The fraction of sp³-hybridized carbons (Fsp3) is 0.579. The number of benzene rings is 1. The second kappa shape index (κ2) is 7.16. The largest absolute Gasteiger partial charge is 0.341 e. The first-order valence-corrected chi connectivity index (χ1v) is 8.84. The predicted molar refractivity (Wildman–Crippen MR) is 90.0 cm³/mol. The lowest BCUT2D eigenvalue weighted by molar-refractivity contribution is -0.144. The predicted octanol–water partition coefficient (Wildman–Crippen LogP) is 2.79. The number of nitrogens with zero attached hydrogens (tertiary/aromatic N) is 2. The number of piperidine rings is 1. The van der Waals surface area contributed by atoms with Crippen LogP contribution in [0.5, 0.6) is 0 Å². The molecule has 0 aliphatic carbocycles. The van der Waals surface area contributed by atoms with Crippen LogP contribution < -0.4 is 0 Å². The molecule has 2 aliphatic rings. The molecule has 2 fully saturated rings. The van der Waals surface area contributed by atoms with Gasteiger partial charge in [-0.15, -0.1) is 0 Å². The van der Waals surface area contributed by atoms with Crippen molar-refractivity contribution in [1.29, 1.82) is 0 Å². The van der Waals surface area contributed by atoms with E-state index in [1.807, 2.05) is 17.9 Å². The molecule has 1 aromatic rings. The zero-order valence-corrected chi connectivity index (χ0v) is 13.9. The van der Waals surface area contributed by atoms with E-state index in [-0.39, 0.29) is 17.9 Å². The number of hydrogen-bond donors (Lipinski definition) is 0. The Bertz CT molecular complexity index is 550. The van der Waals surface area contributed by atoms with Gasteiger partial charge in [-0.05, 0) is 37.2 Å². The fourth-order valence-electron chi connectivity index (χ4n) is 3.90. The van der Waals surface area contributed by atoms with Gasteiger partial charge < -0.3 is 9.80 Å². The van der Waals surface area contributed by atoms with Gasteiger partial charge in [0.05, 0.1) is 0 Å². The molecule has 0 unspecified atom stereocenters. The molecule has 2 saturated heterocycles. The molecule has 23 heavy (non-hydrogen) atoms. The molecule has 1 aromatic carbocycles. The molecule has 2 heterocycles. The van der Waals surface area contributed by atoms with Gasteiger partial charge in [0, 0.05) is 26.1 Å². The monoisotopic (exact) mass is 314 g/mol. The number of carbonyl (C=O) groups is 2. The summed E-state index contributed by atoms with van der Waals surface area (Å²) in [6, 6.07) is 10.3. The maximum atomic E-state index is 12.8. The summed E-state index contributed by atoms with van der Waals surface area (Å²) in [5, 5.41) is 0. The topological polar surface area (TPSA) is 40.6 Å². The van der Waals surface area contributed by atoms with Gasteiger partial charge in [-0.25, -0.2) is 0 Å². The number of rotatable bonds is 4. The Balaban J connectivity index is 1.60. The molecular formula is C19H26N2O2. The minimum absolute atomic E-state index is 0.143. The fourth-order valence-corrected chi connectivity index (χ4v) is 3.90. The van der Waals surface area contributed by atoms with Crippen LogP contribution in [0.4, 0.5) is 0 Å². The van der Waals surface area contributed by atoms with Gasteiger partial charge in [-0.3, -0.25) is 9.59 Å². The molecule has 0 saturated carbocycles. The van der Waals surface area contributed by atoms with Crippen molar-refractivity contribution in [3.63, 3.8) is 0 Å². The SMILES string of the molecule is CC[C@H](C(=O)N1CCC(c2ccccc2)CC1)N1CCCC1=O. The average Bonchev–Trinajstić information content (AvgIpc) is 3.02. The van der Waals surface area contributed by atoms with Gasteiger partial charge in [0.1, 0.15) is 6.04 Å². The van der Waals surface area contributed by atoms with Crippen molar-refractivity contribution in [3.8, 4) is 0 Å². The second-order valence-corrected chi connectivity index (χ2v) is 6.62. The summed E-state index contributed by atoms with van der Waals surface area (Å²) in [6.07, 6.45) is 4.22. The van der Waals surface area contributed by atoms with Crippen LogP contribution in [-0.4, -0.2) is 47.3 Å². The van der Waals surface area contributed by atoms with E-state index >= 15 is 0 Å². The third kappa shape index (κ3) is 3.41. The van der Waals surface area contributed by atoms with Crippen LogP contribution in [0.15, 0.2) is 30.3 Å². The number of likely N-dealkylation sites (tertiary alicyclic amines) is 2. The first-order valence-electron chi connectivity index (χ1n) is 8.84. The molecule has 3 rings (SSSR count). The molecule has 4 nitrogen and oxygen atoms in total. The van der Waals surface area contributed by atoms with E-state index in [2.05, 4.69) is 24.3 Å². The zero-order valence-electron chi connectivity index (χ0n) is 13.9. The van der Waals surface area contributed by atoms with Crippen molar-refractivity contribution in [2.45, 2.75) is 51.0 Å². The number of hydrogen-bond acceptors (Lipinski definition) is 2.